The molecule has 2 heterocycles. The molecule has 0 atom stereocenters. The molecule has 4 rings (SSSR count). The molecule has 4 nitrogen and oxygen atoms in total. The third kappa shape index (κ3) is 3.24. The van der Waals surface area contributed by atoms with E-state index in [1.54, 1.807) is 0 Å². The number of morpholine rings is 1. The highest BCUT2D eigenvalue weighted by molar-refractivity contribution is 6.30. The van der Waals surface area contributed by atoms with E-state index in [9.17, 15) is 0 Å². The van der Waals surface area contributed by atoms with Gasteiger partial charge in [-0.15, -0.1) is 0 Å². The topological polar surface area (TPSA) is 38.5 Å². The molecule has 118 valence electrons. The summed E-state index contributed by atoms with van der Waals surface area (Å²) in [6.07, 6.45) is 0. The van der Waals surface area contributed by atoms with Gasteiger partial charge in [0.2, 0.25) is 5.89 Å². The molecule has 1 aliphatic rings. The van der Waals surface area contributed by atoms with Gasteiger partial charge >= 0.3 is 0 Å². The second-order valence-corrected chi connectivity index (χ2v) is 6.16. The van der Waals surface area contributed by atoms with Crippen molar-refractivity contribution >= 4 is 22.7 Å². The number of ether oxygens (including phenoxy) is 1. The van der Waals surface area contributed by atoms with Crippen molar-refractivity contribution in [1.29, 1.82) is 0 Å². The van der Waals surface area contributed by atoms with Crippen LogP contribution in [0.3, 0.4) is 0 Å². The molecule has 1 aliphatic heterocycles. The van der Waals surface area contributed by atoms with Crippen molar-refractivity contribution in [3.05, 3.63) is 53.1 Å². The van der Waals surface area contributed by atoms with E-state index in [-0.39, 0.29) is 0 Å². The average Bonchev–Trinajstić information content (AvgIpc) is 2.99. The van der Waals surface area contributed by atoms with Crippen LogP contribution in [0.1, 0.15) is 5.56 Å². The molecule has 0 spiro atoms. The van der Waals surface area contributed by atoms with Gasteiger partial charge in [-0.25, -0.2) is 4.98 Å². The van der Waals surface area contributed by atoms with Gasteiger partial charge in [-0.05, 0) is 35.9 Å². The highest BCUT2D eigenvalue weighted by atomic mass is 35.5. The van der Waals surface area contributed by atoms with Crippen LogP contribution in [-0.2, 0) is 11.3 Å². The van der Waals surface area contributed by atoms with E-state index in [1.807, 2.05) is 30.3 Å². The first-order chi connectivity index (χ1) is 11.3. The molecule has 5 heteroatoms. The molecule has 1 fully saturated rings. The highest BCUT2D eigenvalue weighted by Gasteiger charge is 2.13. The zero-order valence-corrected chi connectivity index (χ0v) is 13.4. The maximum Gasteiger partial charge on any atom is 0.227 e. The maximum atomic E-state index is 6.04. The Labute approximate surface area is 139 Å². The lowest BCUT2D eigenvalue weighted by atomic mass is 10.2. The summed E-state index contributed by atoms with van der Waals surface area (Å²) in [5.41, 5.74) is 3.81. The zero-order valence-electron chi connectivity index (χ0n) is 12.7. The Morgan fingerprint density at radius 3 is 2.78 bits per heavy atom. The number of fused-ring (bicyclic) bond motifs is 1. The van der Waals surface area contributed by atoms with Crippen molar-refractivity contribution < 1.29 is 9.15 Å². The zero-order chi connectivity index (χ0) is 15.6. The van der Waals surface area contributed by atoms with Gasteiger partial charge in [0.05, 0.1) is 13.2 Å². The van der Waals surface area contributed by atoms with Crippen LogP contribution in [0.5, 0.6) is 0 Å². The maximum absolute atomic E-state index is 6.04. The fourth-order valence-electron chi connectivity index (χ4n) is 2.83. The normalized spacial score (nSPS) is 16.0. The standard InChI is InChI=1S/C18H17ClN2O2/c19-15-3-1-2-14(11-15)18-20-16-10-13(4-5-17(16)23-18)12-21-6-8-22-9-7-21/h1-5,10-11H,6-9,12H2. The van der Waals surface area contributed by atoms with Gasteiger partial charge in [0.25, 0.3) is 0 Å². The number of halogens is 1. The van der Waals surface area contributed by atoms with Crippen LogP contribution in [0, 0.1) is 0 Å². The molecule has 23 heavy (non-hydrogen) atoms. The van der Waals surface area contributed by atoms with Crippen LogP contribution in [0.25, 0.3) is 22.6 Å². The van der Waals surface area contributed by atoms with Crippen LogP contribution in [0.4, 0.5) is 0 Å². The summed E-state index contributed by atoms with van der Waals surface area (Å²) >= 11 is 6.04. The van der Waals surface area contributed by atoms with Crippen molar-refractivity contribution in [2.24, 2.45) is 0 Å². The summed E-state index contributed by atoms with van der Waals surface area (Å²) in [6.45, 7) is 4.49. The fourth-order valence-corrected chi connectivity index (χ4v) is 3.02. The third-order valence-electron chi connectivity index (χ3n) is 4.03. The predicted octanol–water partition coefficient (Wildman–Crippen LogP) is 3.98. The summed E-state index contributed by atoms with van der Waals surface area (Å²) < 4.78 is 11.2. The van der Waals surface area contributed by atoms with E-state index in [0.29, 0.717) is 10.9 Å². The Morgan fingerprint density at radius 1 is 1.09 bits per heavy atom. The van der Waals surface area contributed by atoms with Crippen molar-refractivity contribution in [3.63, 3.8) is 0 Å². The molecular formula is C18H17ClN2O2. The van der Waals surface area contributed by atoms with Gasteiger partial charge in [0.15, 0.2) is 5.58 Å². The number of oxazole rings is 1. The Kier molecular flexibility index (Phi) is 4.04. The fraction of sp³-hybridized carbons (Fsp3) is 0.278. The minimum Gasteiger partial charge on any atom is -0.436 e. The Bertz CT molecular complexity index is 825. The first-order valence-corrected chi connectivity index (χ1v) is 8.11. The van der Waals surface area contributed by atoms with Crippen molar-refractivity contribution in [2.45, 2.75) is 6.54 Å². The first kappa shape index (κ1) is 14.7. The summed E-state index contributed by atoms with van der Waals surface area (Å²) in [5, 5.41) is 0.678. The van der Waals surface area contributed by atoms with Gasteiger partial charge in [-0.3, -0.25) is 4.90 Å². The van der Waals surface area contributed by atoms with E-state index in [1.165, 1.54) is 5.56 Å². The van der Waals surface area contributed by atoms with Gasteiger partial charge in [-0.2, -0.15) is 0 Å². The quantitative estimate of drug-likeness (QED) is 0.729. The minimum absolute atomic E-state index is 0.603. The Balaban J connectivity index is 1.61. The average molecular weight is 329 g/mol. The SMILES string of the molecule is Clc1cccc(-c2nc3cc(CN4CCOCC4)ccc3o2)c1. The molecular weight excluding hydrogens is 312 g/mol. The number of benzene rings is 2. The third-order valence-corrected chi connectivity index (χ3v) is 4.27. The molecule has 1 saturated heterocycles. The Morgan fingerprint density at radius 2 is 1.96 bits per heavy atom. The molecule has 1 aromatic heterocycles. The number of rotatable bonds is 3. The van der Waals surface area contributed by atoms with Crippen molar-refractivity contribution in [2.75, 3.05) is 26.3 Å². The second kappa shape index (κ2) is 6.32. The van der Waals surface area contributed by atoms with Crippen LogP contribution in [0.2, 0.25) is 5.02 Å². The molecule has 2 aromatic carbocycles. The number of nitrogens with zero attached hydrogens (tertiary/aromatic N) is 2. The predicted molar refractivity (Wildman–Crippen MR) is 90.6 cm³/mol. The van der Waals surface area contributed by atoms with E-state index in [4.69, 9.17) is 20.8 Å². The number of aromatic nitrogens is 1. The van der Waals surface area contributed by atoms with Crippen LogP contribution in [-0.4, -0.2) is 36.2 Å². The summed E-state index contributed by atoms with van der Waals surface area (Å²) in [5.74, 6) is 0.603. The molecule has 0 bridgehead atoms. The monoisotopic (exact) mass is 328 g/mol. The lowest BCUT2D eigenvalue weighted by molar-refractivity contribution is 0.0342. The van der Waals surface area contributed by atoms with E-state index in [2.05, 4.69) is 22.0 Å². The Hall–Kier alpha value is -1.88. The molecule has 0 amide bonds. The molecule has 0 N–H and O–H groups in total. The largest absolute Gasteiger partial charge is 0.436 e. The summed E-state index contributed by atoms with van der Waals surface area (Å²) in [6, 6.07) is 13.7. The number of hydrogen-bond donors (Lipinski definition) is 0. The van der Waals surface area contributed by atoms with Gasteiger partial charge in [-0.1, -0.05) is 23.7 Å². The van der Waals surface area contributed by atoms with Gasteiger partial charge in [0.1, 0.15) is 5.52 Å². The smallest absolute Gasteiger partial charge is 0.227 e. The van der Waals surface area contributed by atoms with E-state index >= 15 is 0 Å². The molecule has 0 radical (unpaired) electrons. The minimum atomic E-state index is 0.603. The molecule has 0 unspecified atom stereocenters. The van der Waals surface area contributed by atoms with Crippen molar-refractivity contribution in [3.8, 4) is 11.5 Å². The molecule has 0 saturated carbocycles. The van der Waals surface area contributed by atoms with Crippen LogP contribution in [0.15, 0.2) is 46.9 Å². The summed E-state index contributed by atoms with van der Waals surface area (Å²) in [4.78, 5) is 7.00. The van der Waals surface area contributed by atoms with Crippen molar-refractivity contribution in [1.82, 2.24) is 9.88 Å². The van der Waals surface area contributed by atoms with Crippen LogP contribution >= 0.6 is 11.6 Å². The second-order valence-electron chi connectivity index (χ2n) is 5.72. The lowest BCUT2D eigenvalue weighted by Gasteiger charge is -2.26. The van der Waals surface area contributed by atoms with Crippen LogP contribution < -0.4 is 0 Å². The van der Waals surface area contributed by atoms with E-state index in [0.717, 1.165) is 49.5 Å². The van der Waals surface area contributed by atoms with Gasteiger partial charge in [0, 0.05) is 30.2 Å². The molecule has 3 aromatic rings. The first-order valence-electron chi connectivity index (χ1n) is 7.73. The number of hydrogen-bond acceptors (Lipinski definition) is 4. The highest BCUT2D eigenvalue weighted by Crippen LogP contribution is 2.27. The molecule has 0 aliphatic carbocycles. The lowest BCUT2D eigenvalue weighted by Crippen LogP contribution is -2.35. The summed E-state index contributed by atoms with van der Waals surface area (Å²) in [7, 11) is 0. The van der Waals surface area contributed by atoms with Gasteiger partial charge < -0.3 is 9.15 Å². The van der Waals surface area contributed by atoms with E-state index < -0.39 is 0 Å².